The Kier molecular flexibility index (Phi) is 5.28. The number of benzene rings is 1. The third-order valence-electron chi connectivity index (χ3n) is 2.37. The van der Waals surface area contributed by atoms with Crippen molar-refractivity contribution in [1.29, 1.82) is 0 Å². The Balaban J connectivity index is 2.54. The van der Waals surface area contributed by atoms with Crippen LogP contribution >= 0.6 is 11.6 Å². The van der Waals surface area contributed by atoms with E-state index in [2.05, 4.69) is 5.32 Å². The van der Waals surface area contributed by atoms with Crippen molar-refractivity contribution in [2.24, 2.45) is 0 Å². The van der Waals surface area contributed by atoms with Gasteiger partial charge in [-0.05, 0) is 31.0 Å². The third kappa shape index (κ3) is 4.96. The van der Waals surface area contributed by atoms with Gasteiger partial charge in [0.2, 0.25) is 0 Å². The van der Waals surface area contributed by atoms with Gasteiger partial charge in [0.05, 0.1) is 16.5 Å². The van der Waals surface area contributed by atoms with Gasteiger partial charge in [-0.2, -0.15) is 0 Å². The number of anilines is 1. The van der Waals surface area contributed by atoms with Crippen molar-refractivity contribution in [3.8, 4) is 0 Å². The summed E-state index contributed by atoms with van der Waals surface area (Å²) in [6.07, 6.45) is 0.660. The topological polar surface area (TPSA) is 46.2 Å². The Morgan fingerprint density at radius 2 is 2.00 bits per heavy atom. The highest BCUT2D eigenvalue weighted by molar-refractivity contribution is 7.91. The predicted molar refractivity (Wildman–Crippen MR) is 73.6 cm³/mol. The van der Waals surface area contributed by atoms with Crippen LogP contribution in [0.4, 0.5) is 5.69 Å². The molecule has 0 radical (unpaired) electrons. The number of nitrogens with one attached hydrogen (secondary N) is 1. The molecule has 0 heterocycles. The summed E-state index contributed by atoms with van der Waals surface area (Å²) in [6.45, 7) is 4.23. The van der Waals surface area contributed by atoms with Crippen LogP contribution in [0.5, 0.6) is 0 Å². The lowest BCUT2D eigenvalue weighted by Gasteiger charge is -2.09. The Hall–Kier alpha value is -0.740. The van der Waals surface area contributed by atoms with Crippen molar-refractivity contribution in [1.82, 2.24) is 0 Å². The molecule has 17 heavy (non-hydrogen) atoms. The van der Waals surface area contributed by atoms with Crippen molar-refractivity contribution < 1.29 is 8.42 Å². The number of hydrogen-bond acceptors (Lipinski definition) is 3. The summed E-state index contributed by atoms with van der Waals surface area (Å²) in [4.78, 5) is 0. The molecule has 0 saturated carbocycles. The van der Waals surface area contributed by atoms with Crippen LogP contribution in [0.2, 0.25) is 5.02 Å². The maximum absolute atomic E-state index is 11.5. The van der Waals surface area contributed by atoms with E-state index in [0.717, 1.165) is 11.3 Å². The van der Waals surface area contributed by atoms with Crippen molar-refractivity contribution in [2.45, 2.75) is 20.3 Å². The second-order valence-electron chi connectivity index (χ2n) is 4.06. The largest absolute Gasteiger partial charge is 0.383 e. The van der Waals surface area contributed by atoms with Gasteiger partial charge in [-0.15, -0.1) is 0 Å². The summed E-state index contributed by atoms with van der Waals surface area (Å²) in [5.74, 6) is 0.390. The molecule has 1 rings (SSSR count). The van der Waals surface area contributed by atoms with Gasteiger partial charge in [0.15, 0.2) is 9.84 Å². The first-order valence-corrected chi connectivity index (χ1v) is 7.85. The average Bonchev–Trinajstić information content (AvgIpc) is 2.23. The van der Waals surface area contributed by atoms with Crippen molar-refractivity contribution in [2.75, 3.05) is 23.4 Å². The summed E-state index contributed by atoms with van der Waals surface area (Å²) in [6, 6.07) is 5.63. The molecule has 1 N–H and O–H groups in total. The Morgan fingerprint density at radius 1 is 1.29 bits per heavy atom. The van der Waals surface area contributed by atoms with E-state index >= 15 is 0 Å². The van der Waals surface area contributed by atoms with Crippen LogP contribution in [0, 0.1) is 6.92 Å². The van der Waals surface area contributed by atoms with Gasteiger partial charge in [0.1, 0.15) is 0 Å². The van der Waals surface area contributed by atoms with E-state index < -0.39 is 9.84 Å². The smallest absolute Gasteiger partial charge is 0.152 e. The zero-order valence-corrected chi connectivity index (χ0v) is 11.7. The first-order valence-electron chi connectivity index (χ1n) is 5.65. The summed E-state index contributed by atoms with van der Waals surface area (Å²) in [5, 5.41) is 3.67. The van der Waals surface area contributed by atoms with Gasteiger partial charge in [-0.25, -0.2) is 8.42 Å². The van der Waals surface area contributed by atoms with Gasteiger partial charge in [0, 0.05) is 12.3 Å². The standard InChI is InChI=1S/C12H18ClNO2S/c1-3-7-17(15,16)8-6-14-12-9-10(2)4-5-11(12)13/h4-5,9,14H,3,6-8H2,1-2H3. The molecule has 0 fully saturated rings. The fourth-order valence-corrected chi connectivity index (χ4v) is 2.95. The van der Waals surface area contributed by atoms with Crippen LogP contribution in [0.15, 0.2) is 18.2 Å². The van der Waals surface area contributed by atoms with Crippen LogP contribution in [-0.4, -0.2) is 26.5 Å². The second kappa shape index (κ2) is 6.26. The molecule has 5 heteroatoms. The molecule has 0 atom stereocenters. The minimum Gasteiger partial charge on any atom is -0.383 e. The minimum atomic E-state index is -2.93. The molecule has 0 unspecified atom stereocenters. The van der Waals surface area contributed by atoms with Crippen LogP contribution in [-0.2, 0) is 9.84 Å². The van der Waals surface area contributed by atoms with Crippen LogP contribution in [0.1, 0.15) is 18.9 Å². The Morgan fingerprint density at radius 3 is 2.65 bits per heavy atom. The molecule has 0 aliphatic rings. The van der Waals surface area contributed by atoms with Gasteiger partial charge >= 0.3 is 0 Å². The van der Waals surface area contributed by atoms with Crippen LogP contribution in [0.3, 0.4) is 0 Å². The highest BCUT2D eigenvalue weighted by Gasteiger charge is 2.09. The Bertz CT molecular complexity index is 471. The monoisotopic (exact) mass is 275 g/mol. The molecule has 0 bridgehead atoms. The van der Waals surface area contributed by atoms with E-state index in [1.54, 1.807) is 6.07 Å². The first-order chi connectivity index (χ1) is 7.94. The quantitative estimate of drug-likeness (QED) is 0.868. The lowest BCUT2D eigenvalue weighted by Crippen LogP contribution is -2.18. The number of halogens is 1. The maximum atomic E-state index is 11.5. The third-order valence-corrected chi connectivity index (χ3v) is 4.55. The number of hydrogen-bond donors (Lipinski definition) is 1. The summed E-state index contributed by atoms with van der Waals surface area (Å²) in [5.41, 5.74) is 1.88. The molecule has 96 valence electrons. The van der Waals surface area contributed by atoms with E-state index in [4.69, 9.17) is 11.6 Å². The molecular formula is C12H18ClNO2S. The van der Waals surface area contributed by atoms with Crippen molar-refractivity contribution >= 4 is 27.1 Å². The van der Waals surface area contributed by atoms with E-state index in [-0.39, 0.29) is 11.5 Å². The average molecular weight is 276 g/mol. The second-order valence-corrected chi connectivity index (χ2v) is 6.77. The number of rotatable bonds is 6. The molecule has 0 aromatic heterocycles. The fraction of sp³-hybridized carbons (Fsp3) is 0.500. The summed E-state index contributed by atoms with van der Waals surface area (Å²) >= 11 is 6.00. The molecule has 1 aromatic rings. The van der Waals surface area contributed by atoms with E-state index in [1.807, 2.05) is 26.0 Å². The van der Waals surface area contributed by atoms with E-state index in [1.165, 1.54) is 0 Å². The molecule has 0 saturated heterocycles. The van der Waals surface area contributed by atoms with E-state index in [9.17, 15) is 8.42 Å². The van der Waals surface area contributed by atoms with Gasteiger partial charge < -0.3 is 5.32 Å². The minimum absolute atomic E-state index is 0.144. The SMILES string of the molecule is CCCS(=O)(=O)CCNc1cc(C)ccc1Cl. The maximum Gasteiger partial charge on any atom is 0.152 e. The molecule has 0 amide bonds. The van der Waals surface area contributed by atoms with Crippen molar-refractivity contribution in [3.63, 3.8) is 0 Å². The van der Waals surface area contributed by atoms with E-state index in [0.29, 0.717) is 18.0 Å². The molecular weight excluding hydrogens is 258 g/mol. The summed E-state index contributed by atoms with van der Waals surface area (Å²) in [7, 11) is -2.93. The van der Waals surface area contributed by atoms with Gasteiger partial charge in [-0.3, -0.25) is 0 Å². The summed E-state index contributed by atoms with van der Waals surface area (Å²) < 4.78 is 23.0. The van der Waals surface area contributed by atoms with Gasteiger partial charge in [0.25, 0.3) is 0 Å². The first kappa shape index (κ1) is 14.3. The lowest BCUT2D eigenvalue weighted by molar-refractivity contribution is 0.595. The number of sulfone groups is 1. The fourth-order valence-electron chi connectivity index (χ4n) is 1.53. The highest BCUT2D eigenvalue weighted by atomic mass is 35.5. The lowest BCUT2D eigenvalue weighted by atomic mass is 10.2. The highest BCUT2D eigenvalue weighted by Crippen LogP contribution is 2.22. The zero-order valence-electron chi connectivity index (χ0n) is 10.2. The molecule has 0 spiro atoms. The van der Waals surface area contributed by atoms with Crippen LogP contribution in [0.25, 0.3) is 0 Å². The predicted octanol–water partition coefficient (Wildman–Crippen LogP) is 2.89. The van der Waals surface area contributed by atoms with Crippen LogP contribution < -0.4 is 5.32 Å². The molecule has 0 aliphatic carbocycles. The normalized spacial score (nSPS) is 11.5. The van der Waals surface area contributed by atoms with Crippen molar-refractivity contribution in [3.05, 3.63) is 28.8 Å². The number of aryl methyl sites for hydroxylation is 1. The molecule has 3 nitrogen and oxygen atoms in total. The van der Waals surface area contributed by atoms with Gasteiger partial charge in [-0.1, -0.05) is 24.6 Å². The molecule has 0 aliphatic heterocycles. The zero-order chi connectivity index (χ0) is 12.9. The molecule has 1 aromatic carbocycles. The Labute approximate surface area is 108 Å².